The molecule has 2 fully saturated rings. The molecule has 3 aliphatic heterocycles. The minimum absolute atomic E-state index is 0.0113. The van der Waals surface area contributed by atoms with Gasteiger partial charge in [-0.2, -0.15) is 4.98 Å². The largest absolute Gasteiger partial charge is 0.360 e. The van der Waals surface area contributed by atoms with Gasteiger partial charge in [0.25, 0.3) is 0 Å². The lowest BCUT2D eigenvalue weighted by molar-refractivity contribution is -0.143. The maximum absolute atomic E-state index is 13.2. The number of fused-ring (bicyclic) bond motifs is 1. The van der Waals surface area contributed by atoms with E-state index in [1.807, 2.05) is 17.1 Å². The molecule has 0 unspecified atom stereocenters. The summed E-state index contributed by atoms with van der Waals surface area (Å²) in [7, 11) is 1.69. The zero-order chi connectivity index (χ0) is 19.6. The van der Waals surface area contributed by atoms with Crippen molar-refractivity contribution in [3.63, 3.8) is 0 Å². The summed E-state index contributed by atoms with van der Waals surface area (Å²) in [6.07, 6.45) is 3.56. The van der Waals surface area contributed by atoms with Crippen LogP contribution in [-0.4, -0.2) is 63.6 Å². The highest BCUT2D eigenvalue weighted by atomic mass is 16.5. The van der Waals surface area contributed by atoms with Crippen LogP contribution in [0.2, 0.25) is 0 Å². The summed E-state index contributed by atoms with van der Waals surface area (Å²) in [6.45, 7) is 9.40. The molecule has 8 heteroatoms. The van der Waals surface area contributed by atoms with Crippen molar-refractivity contribution < 1.29 is 18.8 Å². The topological polar surface area (TPSA) is 88.8 Å². The van der Waals surface area contributed by atoms with Crippen molar-refractivity contribution in [2.75, 3.05) is 20.1 Å². The number of rotatable bonds is 4. The van der Waals surface area contributed by atoms with Crippen molar-refractivity contribution in [3.05, 3.63) is 23.9 Å². The molecule has 4 rings (SSSR count). The Morgan fingerprint density at radius 3 is 2.81 bits per heavy atom. The summed E-state index contributed by atoms with van der Waals surface area (Å²) in [6, 6.07) is 0. The van der Waals surface area contributed by atoms with Gasteiger partial charge in [0.15, 0.2) is 5.82 Å². The number of carbonyl (C=O) groups is 2. The lowest BCUT2D eigenvalue weighted by atomic mass is 9.76. The SMILES string of the molecule is Cc1noc(CN(C)C(=O)[C@@H]2[C@@H]3C=C[C@@]4(CN(CC(C)(C)C)C(=O)[C@H]24)O3)n1. The fourth-order valence-electron chi connectivity index (χ4n) is 4.51. The monoisotopic (exact) mass is 374 g/mol. The van der Waals surface area contributed by atoms with Crippen LogP contribution in [0.3, 0.4) is 0 Å². The lowest BCUT2D eigenvalue weighted by Gasteiger charge is -2.29. The number of aromatic nitrogens is 2. The van der Waals surface area contributed by atoms with Crippen LogP contribution in [-0.2, 0) is 20.9 Å². The van der Waals surface area contributed by atoms with Gasteiger partial charge in [-0.05, 0) is 12.3 Å². The van der Waals surface area contributed by atoms with Crippen LogP contribution in [0.5, 0.6) is 0 Å². The van der Waals surface area contributed by atoms with Gasteiger partial charge in [0.1, 0.15) is 5.60 Å². The molecular formula is C19H26N4O4. The number of hydrogen-bond donors (Lipinski definition) is 0. The van der Waals surface area contributed by atoms with Gasteiger partial charge in [-0.1, -0.05) is 38.1 Å². The number of ether oxygens (including phenoxy) is 1. The fourth-order valence-corrected chi connectivity index (χ4v) is 4.51. The number of aryl methyl sites for hydroxylation is 1. The van der Waals surface area contributed by atoms with E-state index >= 15 is 0 Å². The fraction of sp³-hybridized carbons (Fsp3) is 0.684. The molecule has 2 bridgehead atoms. The molecule has 2 saturated heterocycles. The molecule has 1 spiro atoms. The van der Waals surface area contributed by atoms with Crippen molar-refractivity contribution in [3.8, 4) is 0 Å². The molecule has 0 N–H and O–H groups in total. The molecule has 4 atom stereocenters. The second-order valence-electron chi connectivity index (χ2n) is 9.08. The Bertz CT molecular complexity index is 811. The van der Waals surface area contributed by atoms with Crippen molar-refractivity contribution in [2.24, 2.45) is 17.3 Å². The molecule has 1 aromatic rings. The molecule has 8 nitrogen and oxygen atoms in total. The van der Waals surface area contributed by atoms with Gasteiger partial charge in [-0.25, -0.2) is 0 Å². The third kappa shape index (κ3) is 2.96. The van der Waals surface area contributed by atoms with Crippen molar-refractivity contribution in [1.82, 2.24) is 19.9 Å². The Kier molecular flexibility index (Phi) is 3.96. The van der Waals surface area contributed by atoms with Gasteiger partial charge in [0.05, 0.1) is 31.0 Å². The maximum Gasteiger partial charge on any atom is 0.246 e. The van der Waals surface area contributed by atoms with Crippen LogP contribution < -0.4 is 0 Å². The first-order chi connectivity index (χ1) is 12.6. The molecular weight excluding hydrogens is 348 g/mol. The van der Waals surface area contributed by atoms with Gasteiger partial charge in [-0.3, -0.25) is 9.59 Å². The van der Waals surface area contributed by atoms with Crippen molar-refractivity contribution in [2.45, 2.75) is 45.9 Å². The minimum atomic E-state index is -0.671. The molecule has 27 heavy (non-hydrogen) atoms. The summed E-state index contributed by atoms with van der Waals surface area (Å²) in [4.78, 5) is 33.9. The van der Waals surface area contributed by atoms with Crippen LogP contribution in [0.25, 0.3) is 0 Å². The van der Waals surface area contributed by atoms with Crippen LogP contribution >= 0.6 is 0 Å². The smallest absolute Gasteiger partial charge is 0.246 e. The third-order valence-corrected chi connectivity index (χ3v) is 5.45. The first-order valence-corrected chi connectivity index (χ1v) is 9.30. The summed E-state index contributed by atoms with van der Waals surface area (Å²) in [5, 5.41) is 3.75. The van der Waals surface area contributed by atoms with Crippen LogP contribution in [0, 0.1) is 24.2 Å². The van der Waals surface area contributed by atoms with Crippen LogP contribution in [0.4, 0.5) is 0 Å². The third-order valence-electron chi connectivity index (χ3n) is 5.45. The highest BCUT2D eigenvalue weighted by Gasteiger charge is 2.67. The van der Waals surface area contributed by atoms with Crippen LogP contribution in [0.15, 0.2) is 16.7 Å². The summed E-state index contributed by atoms with van der Waals surface area (Å²) in [5.41, 5.74) is -0.686. The zero-order valence-electron chi connectivity index (χ0n) is 16.4. The molecule has 4 heterocycles. The van der Waals surface area contributed by atoms with Crippen molar-refractivity contribution in [1.29, 1.82) is 0 Å². The highest BCUT2D eigenvalue weighted by Crippen LogP contribution is 2.52. The predicted molar refractivity (Wildman–Crippen MR) is 95.3 cm³/mol. The molecule has 0 saturated carbocycles. The maximum atomic E-state index is 13.2. The van der Waals surface area contributed by atoms with E-state index in [0.29, 0.717) is 24.8 Å². The molecule has 146 valence electrons. The number of amides is 2. The standard InChI is InChI=1S/C19H26N4O4/c1-11-20-13(27-21-11)8-22(5)16(24)14-12-6-7-19(26-12)10-23(9-18(2,3)4)17(25)15(14)19/h6-7,12,14-15H,8-10H2,1-5H3/t12-,14+,15-,19-/m0/s1. The van der Waals surface area contributed by atoms with E-state index in [1.54, 1.807) is 18.9 Å². The van der Waals surface area contributed by atoms with E-state index in [-0.39, 0.29) is 29.9 Å². The summed E-state index contributed by atoms with van der Waals surface area (Å²) >= 11 is 0. The second-order valence-corrected chi connectivity index (χ2v) is 9.08. The Hall–Kier alpha value is -2.22. The zero-order valence-corrected chi connectivity index (χ0v) is 16.4. The van der Waals surface area contributed by atoms with Gasteiger partial charge in [-0.15, -0.1) is 0 Å². The Morgan fingerprint density at radius 2 is 2.19 bits per heavy atom. The number of likely N-dealkylation sites (tertiary alicyclic amines) is 1. The van der Waals surface area contributed by atoms with Crippen LogP contribution in [0.1, 0.15) is 32.5 Å². The summed E-state index contributed by atoms with van der Waals surface area (Å²) in [5.74, 6) is -0.185. The molecule has 0 aromatic carbocycles. The lowest BCUT2D eigenvalue weighted by Crippen LogP contribution is -2.45. The van der Waals surface area contributed by atoms with Crippen molar-refractivity contribution >= 4 is 11.8 Å². The van der Waals surface area contributed by atoms with E-state index in [1.165, 1.54) is 0 Å². The van der Waals surface area contributed by atoms with Gasteiger partial charge < -0.3 is 19.1 Å². The number of hydrogen-bond acceptors (Lipinski definition) is 6. The number of carbonyl (C=O) groups excluding carboxylic acids is 2. The van der Waals surface area contributed by atoms with E-state index in [4.69, 9.17) is 9.26 Å². The Morgan fingerprint density at radius 1 is 1.44 bits per heavy atom. The molecule has 0 aliphatic carbocycles. The molecule has 0 radical (unpaired) electrons. The molecule has 3 aliphatic rings. The van der Waals surface area contributed by atoms with E-state index in [2.05, 4.69) is 30.9 Å². The Labute approximate surface area is 158 Å². The first kappa shape index (κ1) is 18.2. The minimum Gasteiger partial charge on any atom is -0.360 e. The van der Waals surface area contributed by atoms with E-state index < -0.39 is 17.4 Å². The van der Waals surface area contributed by atoms with E-state index in [9.17, 15) is 9.59 Å². The highest BCUT2D eigenvalue weighted by molar-refractivity contribution is 5.93. The van der Waals surface area contributed by atoms with Gasteiger partial charge in [0, 0.05) is 13.6 Å². The number of nitrogens with zero attached hydrogens (tertiary/aromatic N) is 4. The van der Waals surface area contributed by atoms with Gasteiger partial charge in [0.2, 0.25) is 17.7 Å². The van der Waals surface area contributed by atoms with E-state index in [0.717, 1.165) is 0 Å². The summed E-state index contributed by atoms with van der Waals surface area (Å²) < 4.78 is 11.3. The molecule has 2 amide bonds. The average molecular weight is 374 g/mol. The average Bonchev–Trinajstić information content (AvgIpc) is 3.28. The first-order valence-electron chi connectivity index (χ1n) is 9.30. The second kappa shape index (κ2) is 5.89. The predicted octanol–water partition coefficient (Wildman–Crippen LogP) is 1.16. The van der Waals surface area contributed by atoms with Gasteiger partial charge >= 0.3 is 0 Å². The molecule has 1 aromatic heterocycles. The Balaban J connectivity index is 1.54. The normalized spacial score (nSPS) is 31.7. The quantitative estimate of drug-likeness (QED) is 0.735.